The lowest BCUT2D eigenvalue weighted by molar-refractivity contribution is -0.193. The number of hydrogen-bond donors (Lipinski definition) is 1. The summed E-state index contributed by atoms with van der Waals surface area (Å²) in [5.74, 6) is -2.05. The van der Waals surface area contributed by atoms with Crippen molar-refractivity contribution in [2.45, 2.75) is 25.4 Å². The van der Waals surface area contributed by atoms with Crippen molar-refractivity contribution >= 4 is 5.97 Å². The van der Waals surface area contributed by atoms with Gasteiger partial charge in [-0.05, 0) is 12.8 Å². The first-order valence-corrected chi connectivity index (χ1v) is 2.95. The molecule has 64 valence electrons. The predicted molar refractivity (Wildman–Crippen MR) is 30.0 cm³/mol. The zero-order valence-corrected chi connectivity index (χ0v) is 5.40. The minimum absolute atomic E-state index is 0.449. The fourth-order valence-electron chi connectivity index (χ4n) is 0.809. The highest BCUT2D eigenvalue weighted by atomic mass is 19.4. The first-order valence-electron chi connectivity index (χ1n) is 3.95. The fourth-order valence-corrected chi connectivity index (χ4v) is 0.809. The van der Waals surface area contributed by atoms with Gasteiger partial charge in [-0.2, -0.15) is 13.2 Å². The number of hydrogen-bond acceptors (Lipinski definition) is 1. The Morgan fingerprint density at radius 1 is 1.64 bits per heavy atom. The predicted octanol–water partition coefficient (Wildman–Crippen LogP) is 1.80. The molecule has 0 aromatic carbocycles. The molecule has 1 aliphatic carbocycles. The van der Waals surface area contributed by atoms with E-state index in [0.29, 0.717) is 0 Å². The van der Waals surface area contributed by atoms with Gasteiger partial charge in [-0.15, -0.1) is 0 Å². The standard InChI is InChI=1S/C6H7F3O2/c7-6(8,9)5(1-2-5)3-4(10)11/h1-3H2,(H,10,11)/i3D2. The summed E-state index contributed by atoms with van der Waals surface area (Å²) < 4.78 is 50.4. The van der Waals surface area contributed by atoms with E-state index < -0.39 is 36.8 Å². The maximum absolute atomic E-state index is 12.2. The molecule has 0 atom stereocenters. The molecule has 0 aliphatic heterocycles. The van der Waals surface area contributed by atoms with Crippen molar-refractivity contribution in [3.05, 3.63) is 0 Å². The smallest absolute Gasteiger partial charge is 0.395 e. The van der Waals surface area contributed by atoms with E-state index in [1.54, 1.807) is 0 Å². The van der Waals surface area contributed by atoms with Gasteiger partial charge >= 0.3 is 12.1 Å². The molecule has 1 rings (SSSR count). The summed E-state index contributed by atoms with van der Waals surface area (Å²) in [7, 11) is 0. The quantitative estimate of drug-likeness (QED) is 0.686. The van der Waals surface area contributed by atoms with Crippen LogP contribution in [0.5, 0.6) is 0 Å². The first kappa shape index (κ1) is 5.85. The Morgan fingerprint density at radius 3 is 2.18 bits per heavy atom. The van der Waals surface area contributed by atoms with E-state index in [1.807, 2.05) is 0 Å². The molecule has 0 aromatic rings. The molecule has 1 fully saturated rings. The third-order valence-corrected chi connectivity index (χ3v) is 1.64. The molecule has 1 N–H and O–H groups in total. The van der Waals surface area contributed by atoms with E-state index in [9.17, 15) is 18.0 Å². The van der Waals surface area contributed by atoms with Gasteiger partial charge in [0, 0.05) is 2.74 Å². The van der Waals surface area contributed by atoms with Gasteiger partial charge in [0.25, 0.3) is 0 Å². The highest BCUT2D eigenvalue weighted by molar-refractivity contribution is 5.68. The summed E-state index contributed by atoms with van der Waals surface area (Å²) in [5, 5.41) is 8.31. The second kappa shape index (κ2) is 2.12. The van der Waals surface area contributed by atoms with Crippen LogP contribution in [0, 0.1) is 5.41 Å². The lowest BCUT2D eigenvalue weighted by Gasteiger charge is -2.15. The molecule has 0 saturated heterocycles. The van der Waals surface area contributed by atoms with Crippen molar-refractivity contribution in [2.75, 3.05) is 0 Å². The maximum atomic E-state index is 12.2. The summed E-state index contributed by atoms with van der Waals surface area (Å²) in [6, 6.07) is 0. The molecule has 0 heterocycles. The minimum atomic E-state index is -4.78. The summed E-state index contributed by atoms with van der Waals surface area (Å²) in [6.07, 6.45) is -8.90. The van der Waals surface area contributed by atoms with Crippen LogP contribution in [0.4, 0.5) is 13.2 Å². The van der Waals surface area contributed by atoms with Crippen LogP contribution in [0.15, 0.2) is 0 Å². The van der Waals surface area contributed by atoms with Crippen molar-refractivity contribution < 1.29 is 25.8 Å². The van der Waals surface area contributed by atoms with Crippen molar-refractivity contribution in [1.29, 1.82) is 0 Å². The van der Waals surface area contributed by atoms with Crippen molar-refractivity contribution in [3.63, 3.8) is 0 Å². The number of carboxylic acid groups (broad SMARTS) is 1. The second-order valence-electron chi connectivity index (χ2n) is 2.51. The summed E-state index contributed by atoms with van der Waals surface area (Å²) in [5.41, 5.74) is -2.66. The highest BCUT2D eigenvalue weighted by Gasteiger charge is 2.63. The minimum Gasteiger partial charge on any atom is -0.481 e. The normalized spacial score (nSPS) is 25.4. The van der Waals surface area contributed by atoms with E-state index >= 15 is 0 Å². The Labute approximate surface area is 63.8 Å². The van der Waals surface area contributed by atoms with E-state index in [2.05, 4.69) is 0 Å². The molecule has 11 heavy (non-hydrogen) atoms. The summed E-state index contributed by atoms with van der Waals surface area (Å²) >= 11 is 0. The Bertz CT molecular complexity index is 245. The van der Waals surface area contributed by atoms with Gasteiger partial charge in [-0.25, -0.2) is 0 Å². The average molecular weight is 170 g/mol. The SMILES string of the molecule is [2H]C([2H])(C(=O)O)C1(C(F)(F)F)CC1. The maximum Gasteiger partial charge on any atom is 0.395 e. The van der Waals surface area contributed by atoms with Crippen molar-refractivity contribution in [2.24, 2.45) is 5.41 Å². The highest BCUT2D eigenvalue weighted by Crippen LogP contribution is 2.59. The average Bonchev–Trinajstić information content (AvgIpc) is 2.61. The third-order valence-electron chi connectivity index (χ3n) is 1.64. The topological polar surface area (TPSA) is 37.3 Å². The largest absolute Gasteiger partial charge is 0.481 e. The van der Waals surface area contributed by atoms with Crippen LogP contribution < -0.4 is 0 Å². The molecule has 0 aromatic heterocycles. The van der Waals surface area contributed by atoms with Gasteiger partial charge in [-0.3, -0.25) is 4.79 Å². The van der Waals surface area contributed by atoms with Crippen LogP contribution in [0.25, 0.3) is 0 Å². The molecule has 0 bridgehead atoms. The second-order valence-corrected chi connectivity index (χ2v) is 2.51. The number of carboxylic acids is 1. The van der Waals surface area contributed by atoms with Gasteiger partial charge in [-0.1, -0.05) is 0 Å². The van der Waals surface area contributed by atoms with Crippen LogP contribution in [-0.2, 0) is 4.79 Å². The van der Waals surface area contributed by atoms with Crippen molar-refractivity contribution in [1.82, 2.24) is 0 Å². The zero-order valence-electron chi connectivity index (χ0n) is 7.40. The number of alkyl halides is 3. The molecular weight excluding hydrogens is 161 g/mol. The van der Waals surface area contributed by atoms with E-state index in [-0.39, 0.29) is 0 Å². The van der Waals surface area contributed by atoms with Crippen LogP contribution in [-0.4, -0.2) is 17.3 Å². The molecule has 1 aliphatic rings. The Morgan fingerprint density at radius 2 is 2.09 bits per heavy atom. The van der Waals surface area contributed by atoms with Gasteiger partial charge in [0.05, 0.1) is 11.8 Å². The Hall–Kier alpha value is -0.740. The molecule has 0 unspecified atom stereocenters. The van der Waals surface area contributed by atoms with Crippen molar-refractivity contribution in [3.8, 4) is 0 Å². The third kappa shape index (κ3) is 1.46. The molecule has 1 saturated carbocycles. The number of halogens is 3. The molecule has 0 amide bonds. The van der Waals surface area contributed by atoms with E-state index in [0.717, 1.165) is 0 Å². The Kier molecular flexibility index (Phi) is 1.13. The summed E-state index contributed by atoms with van der Waals surface area (Å²) in [6.45, 7) is 0. The number of carbonyl (C=O) groups is 1. The fraction of sp³-hybridized carbons (Fsp3) is 0.833. The van der Waals surface area contributed by atoms with Gasteiger partial charge in [0.15, 0.2) is 0 Å². The van der Waals surface area contributed by atoms with Crippen LogP contribution in [0.2, 0.25) is 0 Å². The summed E-state index contributed by atoms with van der Waals surface area (Å²) in [4.78, 5) is 10.3. The molecule has 2 nitrogen and oxygen atoms in total. The number of aliphatic carboxylic acids is 1. The lowest BCUT2D eigenvalue weighted by Crippen LogP contribution is -2.27. The number of rotatable bonds is 2. The lowest BCUT2D eigenvalue weighted by atomic mass is 10.0. The first-order chi connectivity index (χ1) is 5.65. The van der Waals surface area contributed by atoms with Crippen LogP contribution >= 0.6 is 0 Å². The molecular formula is C6H7F3O2. The van der Waals surface area contributed by atoms with Gasteiger partial charge in [0.1, 0.15) is 0 Å². The monoisotopic (exact) mass is 170 g/mol. The molecule has 0 radical (unpaired) electrons. The Balaban J connectivity index is 3.01. The molecule has 5 heteroatoms. The van der Waals surface area contributed by atoms with E-state index in [1.165, 1.54) is 0 Å². The van der Waals surface area contributed by atoms with Crippen LogP contribution in [0.1, 0.15) is 22.0 Å². The zero-order chi connectivity index (χ0) is 10.5. The van der Waals surface area contributed by atoms with Gasteiger partial charge < -0.3 is 5.11 Å². The van der Waals surface area contributed by atoms with E-state index in [4.69, 9.17) is 7.85 Å². The van der Waals surface area contributed by atoms with Gasteiger partial charge in [0.2, 0.25) is 0 Å². The van der Waals surface area contributed by atoms with Crippen LogP contribution in [0.3, 0.4) is 0 Å². The molecule has 0 spiro atoms.